The maximum atomic E-state index is 13.3. The van der Waals surface area contributed by atoms with Crippen molar-refractivity contribution >= 4 is 45.5 Å². The van der Waals surface area contributed by atoms with Gasteiger partial charge in [0.15, 0.2) is 0 Å². The van der Waals surface area contributed by atoms with Gasteiger partial charge < -0.3 is 15.2 Å². The normalized spacial score (nSPS) is 13.7. The van der Waals surface area contributed by atoms with E-state index in [1.54, 1.807) is 24.3 Å². The summed E-state index contributed by atoms with van der Waals surface area (Å²) in [5.74, 6) is -0.844. The van der Waals surface area contributed by atoms with Crippen LogP contribution in [0.5, 0.6) is 11.5 Å². The van der Waals surface area contributed by atoms with Crippen LogP contribution in [0, 0.1) is 0 Å². The molecule has 1 atom stereocenters. The number of carbonyl (C=O) groups is 2. The van der Waals surface area contributed by atoms with Gasteiger partial charge >= 0.3 is 5.97 Å². The van der Waals surface area contributed by atoms with Gasteiger partial charge in [-0.3, -0.25) is 4.79 Å². The van der Waals surface area contributed by atoms with Crippen LogP contribution in [0.1, 0.15) is 54.4 Å². The number of halogens is 2. The van der Waals surface area contributed by atoms with Crippen molar-refractivity contribution in [3.05, 3.63) is 98.1 Å². The van der Waals surface area contributed by atoms with Crippen molar-refractivity contribution in [1.29, 1.82) is 0 Å². The Morgan fingerprint density at radius 3 is 2.47 bits per heavy atom. The molecule has 0 saturated carbocycles. The third-order valence-corrected chi connectivity index (χ3v) is 7.21. The minimum Gasteiger partial charge on any atom is -0.477 e. The smallest absolute Gasteiger partial charge is 0.352 e. The number of hydrogen-bond donors (Lipinski definition) is 2. The SMILES string of the molecule is CCCC(C(=O)N/C(=C\c1ccc(Oc2ccccc2Br)cc1)C(=O)O)c1cc2c(cc1Cl)CCC2. The Kier molecular flexibility index (Phi) is 8.49. The Bertz CT molecular complexity index is 1300. The van der Waals surface area contributed by atoms with E-state index in [0.717, 1.165) is 35.7 Å². The molecule has 0 bridgehead atoms. The van der Waals surface area contributed by atoms with Crippen molar-refractivity contribution in [3.8, 4) is 11.5 Å². The van der Waals surface area contributed by atoms with E-state index in [9.17, 15) is 14.7 Å². The first kappa shape index (κ1) is 26.0. The van der Waals surface area contributed by atoms with Gasteiger partial charge in [0.1, 0.15) is 17.2 Å². The van der Waals surface area contributed by atoms with Gasteiger partial charge in [-0.1, -0.05) is 55.3 Å². The Morgan fingerprint density at radius 1 is 1.11 bits per heavy atom. The summed E-state index contributed by atoms with van der Waals surface area (Å²) in [5, 5.41) is 13.0. The van der Waals surface area contributed by atoms with Crippen LogP contribution in [0.15, 0.2) is 70.8 Å². The molecule has 0 heterocycles. The number of hydrogen-bond acceptors (Lipinski definition) is 3. The van der Waals surface area contributed by atoms with Crippen LogP contribution >= 0.6 is 27.5 Å². The molecule has 3 aromatic rings. The van der Waals surface area contributed by atoms with Crippen LogP contribution in [0.4, 0.5) is 0 Å². The summed E-state index contributed by atoms with van der Waals surface area (Å²) in [5.41, 5.74) is 3.64. The van der Waals surface area contributed by atoms with Crippen LogP contribution in [0.2, 0.25) is 5.02 Å². The molecule has 2 N–H and O–H groups in total. The summed E-state index contributed by atoms with van der Waals surface area (Å²) in [6, 6.07) is 18.5. The maximum absolute atomic E-state index is 13.3. The second-order valence-electron chi connectivity index (χ2n) is 8.79. The molecular formula is C29H27BrClNO4. The molecule has 4 rings (SSSR count). The minimum atomic E-state index is -1.22. The second-order valence-corrected chi connectivity index (χ2v) is 10.1. The van der Waals surface area contributed by atoms with Gasteiger partial charge in [0.2, 0.25) is 5.91 Å². The van der Waals surface area contributed by atoms with Gasteiger partial charge in [0.05, 0.1) is 10.4 Å². The Morgan fingerprint density at radius 2 is 1.81 bits per heavy atom. The first-order valence-corrected chi connectivity index (χ1v) is 13.1. The lowest BCUT2D eigenvalue weighted by molar-refractivity contribution is -0.134. The van der Waals surface area contributed by atoms with Gasteiger partial charge in [-0.2, -0.15) is 0 Å². The molecular weight excluding hydrogens is 542 g/mol. The van der Waals surface area contributed by atoms with Crippen molar-refractivity contribution in [2.75, 3.05) is 0 Å². The van der Waals surface area contributed by atoms with Crippen molar-refractivity contribution in [3.63, 3.8) is 0 Å². The highest BCUT2D eigenvalue weighted by Crippen LogP contribution is 2.35. The van der Waals surface area contributed by atoms with Crippen LogP contribution in [0.25, 0.3) is 6.08 Å². The number of rotatable bonds is 9. The van der Waals surface area contributed by atoms with Gasteiger partial charge in [-0.25, -0.2) is 4.79 Å². The number of fused-ring (bicyclic) bond motifs is 1. The Hall–Kier alpha value is -3.09. The number of benzene rings is 3. The fourth-order valence-electron chi connectivity index (χ4n) is 4.42. The van der Waals surface area contributed by atoms with Gasteiger partial charge in [-0.15, -0.1) is 0 Å². The number of carbonyl (C=O) groups excluding carboxylic acids is 1. The molecule has 1 unspecified atom stereocenters. The minimum absolute atomic E-state index is 0.196. The van der Waals surface area contributed by atoms with E-state index in [1.165, 1.54) is 17.2 Å². The largest absolute Gasteiger partial charge is 0.477 e. The highest BCUT2D eigenvalue weighted by Gasteiger charge is 2.26. The first-order valence-electron chi connectivity index (χ1n) is 11.9. The quantitative estimate of drug-likeness (QED) is 0.262. The van der Waals surface area contributed by atoms with Crippen LogP contribution in [0.3, 0.4) is 0 Å². The summed E-state index contributed by atoms with van der Waals surface area (Å²) in [6.45, 7) is 1.99. The molecule has 3 aromatic carbocycles. The second kappa shape index (κ2) is 11.8. The Balaban J connectivity index is 1.53. The molecule has 1 aliphatic rings. The zero-order valence-electron chi connectivity index (χ0n) is 19.9. The standard InChI is InChI=1S/C29H27BrClNO4/c1-2-6-22(23-16-19-7-5-8-20(19)17-25(23)31)28(33)32-26(29(34)35)15-18-11-13-21(14-12-18)36-27-10-4-3-9-24(27)30/h3-4,9-17,22H,2,5-8H2,1H3,(H,32,33)(H,34,35)/b26-15-. The average molecular weight is 569 g/mol. The molecule has 7 heteroatoms. The summed E-state index contributed by atoms with van der Waals surface area (Å²) < 4.78 is 6.69. The topological polar surface area (TPSA) is 75.6 Å². The molecule has 1 aliphatic carbocycles. The van der Waals surface area contributed by atoms with E-state index < -0.39 is 11.9 Å². The fraction of sp³-hybridized carbons (Fsp3) is 0.241. The zero-order chi connectivity index (χ0) is 25.7. The number of carboxylic acid groups (broad SMARTS) is 1. The summed E-state index contributed by atoms with van der Waals surface area (Å²) in [6.07, 6.45) is 5.82. The fourth-order valence-corrected chi connectivity index (χ4v) is 5.10. The number of para-hydroxylation sites is 1. The van der Waals surface area contributed by atoms with Crippen LogP contribution in [-0.2, 0) is 22.4 Å². The van der Waals surface area contributed by atoms with Crippen molar-refractivity contribution in [1.82, 2.24) is 5.32 Å². The van der Waals surface area contributed by atoms with E-state index in [0.29, 0.717) is 28.5 Å². The van der Waals surface area contributed by atoms with Gasteiger partial charge in [-0.05, 0) is 100 Å². The van der Waals surface area contributed by atoms with E-state index in [2.05, 4.69) is 21.2 Å². The molecule has 36 heavy (non-hydrogen) atoms. The lowest BCUT2D eigenvalue weighted by Gasteiger charge is -2.19. The number of ether oxygens (including phenoxy) is 1. The van der Waals surface area contributed by atoms with Crippen molar-refractivity contribution in [2.24, 2.45) is 0 Å². The van der Waals surface area contributed by atoms with Crippen molar-refractivity contribution < 1.29 is 19.4 Å². The summed E-state index contributed by atoms with van der Waals surface area (Å²) >= 11 is 10.0. The predicted octanol–water partition coefficient (Wildman–Crippen LogP) is 7.51. The number of nitrogens with one attached hydrogen (secondary N) is 1. The molecule has 0 saturated heterocycles. The molecule has 1 amide bonds. The van der Waals surface area contributed by atoms with Crippen LogP contribution < -0.4 is 10.1 Å². The van der Waals surface area contributed by atoms with E-state index in [4.69, 9.17) is 16.3 Å². The maximum Gasteiger partial charge on any atom is 0.352 e. The number of aliphatic carboxylic acids is 1. The zero-order valence-corrected chi connectivity index (χ0v) is 22.2. The third kappa shape index (κ3) is 6.18. The monoisotopic (exact) mass is 567 g/mol. The Labute approximate surface area is 224 Å². The average Bonchev–Trinajstić information content (AvgIpc) is 3.31. The van der Waals surface area contributed by atoms with Crippen molar-refractivity contribution in [2.45, 2.75) is 44.9 Å². The van der Waals surface area contributed by atoms with Gasteiger partial charge in [0, 0.05) is 5.02 Å². The number of carboxylic acids is 1. The molecule has 0 spiro atoms. The lowest BCUT2D eigenvalue weighted by atomic mass is 9.91. The summed E-state index contributed by atoms with van der Waals surface area (Å²) in [4.78, 5) is 25.3. The molecule has 5 nitrogen and oxygen atoms in total. The third-order valence-electron chi connectivity index (χ3n) is 6.22. The molecule has 0 aromatic heterocycles. The lowest BCUT2D eigenvalue weighted by Crippen LogP contribution is -2.32. The number of aryl methyl sites for hydroxylation is 2. The van der Waals surface area contributed by atoms with E-state index >= 15 is 0 Å². The molecule has 0 fully saturated rings. The molecule has 186 valence electrons. The van der Waals surface area contributed by atoms with Crippen LogP contribution in [-0.4, -0.2) is 17.0 Å². The highest BCUT2D eigenvalue weighted by atomic mass is 79.9. The summed E-state index contributed by atoms with van der Waals surface area (Å²) in [7, 11) is 0. The number of amides is 1. The molecule has 0 aliphatic heterocycles. The highest BCUT2D eigenvalue weighted by molar-refractivity contribution is 9.10. The van der Waals surface area contributed by atoms with E-state index in [1.807, 2.05) is 43.3 Å². The first-order chi connectivity index (χ1) is 17.4. The predicted molar refractivity (Wildman–Crippen MR) is 146 cm³/mol. The molecule has 0 radical (unpaired) electrons. The van der Waals surface area contributed by atoms with Gasteiger partial charge in [0.25, 0.3) is 0 Å². The van der Waals surface area contributed by atoms with E-state index in [-0.39, 0.29) is 11.6 Å².